The summed E-state index contributed by atoms with van der Waals surface area (Å²) in [5, 5.41) is 7.95. The van der Waals surface area contributed by atoms with E-state index >= 15 is 0 Å². The second kappa shape index (κ2) is 9.03. The number of nitrogens with one attached hydrogen (secondary N) is 2. The molecule has 0 atom stereocenters. The lowest BCUT2D eigenvalue weighted by molar-refractivity contribution is -0.115. The summed E-state index contributed by atoms with van der Waals surface area (Å²) in [4.78, 5) is 24.2. The third kappa shape index (κ3) is 5.73. The fourth-order valence-corrected chi connectivity index (χ4v) is 2.83. The van der Waals surface area contributed by atoms with Gasteiger partial charge in [-0.2, -0.15) is 5.10 Å². The van der Waals surface area contributed by atoms with Crippen LogP contribution in [0.1, 0.15) is 29.3 Å². The molecule has 8 heteroatoms. The zero-order chi connectivity index (χ0) is 19.3. The fourth-order valence-electron chi connectivity index (χ4n) is 2.11. The summed E-state index contributed by atoms with van der Waals surface area (Å²) < 4.78 is 0. The maximum Gasteiger partial charge on any atom is 0.272 e. The number of hydrogen-bond donors (Lipinski definition) is 2. The largest absolute Gasteiger partial charge is 0.326 e. The molecule has 2 aromatic carbocycles. The first-order valence-electron chi connectivity index (χ1n) is 7.61. The van der Waals surface area contributed by atoms with E-state index in [1.165, 1.54) is 12.1 Å². The zero-order valence-corrected chi connectivity index (χ0v) is 16.3. The van der Waals surface area contributed by atoms with Crippen LogP contribution in [0.25, 0.3) is 0 Å². The van der Waals surface area contributed by atoms with Crippen LogP contribution < -0.4 is 10.7 Å². The molecule has 2 N–H and O–H groups in total. The second-order valence-electron chi connectivity index (χ2n) is 5.60. The van der Waals surface area contributed by atoms with E-state index < -0.39 is 5.91 Å². The average Bonchev–Trinajstić information content (AvgIpc) is 2.55. The molecule has 0 aliphatic carbocycles. The molecule has 2 rings (SSSR count). The highest BCUT2D eigenvalue weighted by molar-refractivity contribution is 6.36. The minimum absolute atomic E-state index is 0.0245. The van der Waals surface area contributed by atoms with E-state index in [1.54, 1.807) is 31.2 Å². The Hall–Kier alpha value is -2.08. The van der Waals surface area contributed by atoms with Gasteiger partial charge in [-0.15, -0.1) is 0 Å². The van der Waals surface area contributed by atoms with E-state index in [-0.39, 0.29) is 22.9 Å². The SMILES string of the molecule is C/C(CC(=O)Nc1ccc(Cl)cc1C)=N\NC(=O)c1ccc(Cl)cc1Cl. The Kier molecular flexibility index (Phi) is 7.03. The third-order valence-corrected chi connectivity index (χ3v) is 4.19. The number of nitrogens with zero attached hydrogens (tertiary/aromatic N) is 1. The molecule has 0 fully saturated rings. The Labute approximate surface area is 166 Å². The summed E-state index contributed by atoms with van der Waals surface area (Å²) in [7, 11) is 0. The lowest BCUT2D eigenvalue weighted by Crippen LogP contribution is -2.22. The van der Waals surface area contributed by atoms with Crippen LogP contribution in [-0.4, -0.2) is 17.5 Å². The van der Waals surface area contributed by atoms with Gasteiger partial charge in [0, 0.05) is 21.4 Å². The van der Waals surface area contributed by atoms with Crippen molar-refractivity contribution in [1.82, 2.24) is 5.43 Å². The van der Waals surface area contributed by atoms with Crippen molar-refractivity contribution >= 4 is 58.0 Å². The number of carbonyl (C=O) groups excluding carboxylic acids is 2. The van der Waals surface area contributed by atoms with Crippen molar-refractivity contribution in [3.05, 3.63) is 62.6 Å². The van der Waals surface area contributed by atoms with Crippen molar-refractivity contribution in [2.24, 2.45) is 5.10 Å². The summed E-state index contributed by atoms with van der Waals surface area (Å²) in [5.74, 6) is -0.740. The number of anilines is 1. The molecule has 0 saturated heterocycles. The van der Waals surface area contributed by atoms with Crippen LogP contribution in [-0.2, 0) is 4.79 Å². The van der Waals surface area contributed by atoms with Gasteiger partial charge in [0.25, 0.3) is 5.91 Å². The van der Waals surface area contributed by atoms with Gasteiger partial charge >= 0.3 is 0 Å². The summed E-state index contributed by atoms with van der Waals surface area (Å²) in [5.41, 5.74) is 4.58. The smallest absolute Gasteiger partial charge is 0.272 e. The van der Waals surface area contributed by atoms with E-state index in [0.717, 1.165) is 5.56 Å². The highest BCUT2D eigenvalue weighted by Crippen LogP contribution is 2.21. The van der Waals surface area contributed by atoms with Crippen molar-refractivity contribution in [2.75, 3.05) is 5.32 Å². The number of benzene rings is 2. The maximum atomic E-state index is 12.1. The Morgan fingerprint density at radius 3 is 2.35 bits per heavy atom. The van der Waals surface area contributed by atoms with E-state index in [2.05, 4.69) is 15.8 Å². The summed E-state index contributed by atoms with van der Waals surface area (Å²) in [6, 6.07) is 9.71. The first-order valence-corrected chi connectivity index (χ1v) is 8.74. The van der Waals surface area contributed by atoms with E-state index in [4.69, 9.17) is 34.8 Å². The molecule has 0 saturated carbocycles. The number of aryl methyl sites for hydroxylation is 1. The zero-order valence-electron chi connectivity index (χ0n) is 14.1. The quantitative estimate of drug-likeness (QED) is 0.530. The molecule has 2 aromatic rings. The molecule has 0 radical (unpaired) electrons. The Balaban J connectivity index is 1.94. The number of hydrogen-bond acceptors (Lipinski definition) is 3. The van der Waals surface area contributed by atoms with Gasteiger partial charge in [0.2, 0.25) is 5.91 Å². The van der Waals surface area contributed by atoms with Crippen LogP contribution >= 0.6 is 34.8 Å². The van der Waals surface area contributed by atoms with Crippen LogP contribution in [0.2, 0.25) is 15.1 Å². The number of carbonyl (C=O) groups is 2. The van der Waals surface area contributed by atoms with Crippen LogP contribution in [0.15, 0.2) is 41.5 Å². The average molecular weight is 413 g/mol. The molecule has 0 aliphatic heterocycles. The van der Waals surface area contributed by atoms with Gasteiger partial charge in [-0.25, -0.2) is 5.43 Å². The van der Waals surface area contributed by atoms with Gasteiger partial charge in [0.1, 0.15) is 0 Å². The molecule has 0 aliphatic rings. The van der Waals surface area contributed by atoms with Crippen LogP contribution in [0.3, 0.4) is 0 Å². The molecule has 0 aromatic heterocycles. The van der Waals surface area contributed by atoms with Gasteiger partial charge in [0.15, 0.2) is 0 Å². The van der Waals surface area contributed by atoms with E-state index in [9.17, 15) is 9.59 Å². The number of halogens is 3. The molecule has 136 valence electrons. The molecule has 0 unspecified atom stereocenters. The molecule has 26 heavy (non-hydrogen) atoms. The number of hydrazone groups is 1. The molecule has 2 amide bonds. The van der Waals surface area contributed by atoms with Gasteiger partial charge in [0.05, 0.1) is 17.0 Å². The van der Waals surface area contributed by atoms with Crippen LogP contribution in [0, 0.1) is 6.92 Å². The lowest BCUT2D eigenvalue weighted by Gasteiger charge is -2.09. The van der Waals surface area contributed by atoms with Crippen LogP contribution in [0.5, 0.6) is 0 Å². The maximum absolute atomic E-state index is 12.1. The first-order chi connectivity index (χ1) is 12.3. The summed E-state index contributed by atoms with van der Waals surface area (Å²) >= 11 is 17.7. The normalized spacial score (nSPS) is 11.2. The van der Waals surface area contributed by atoms with Gasteiger partial charge in [-0.3, -0.25) is 9.59 Å². The molecule has 0 bridgehead atoms. The van der Waals surface area contributed by atoms with E-state index in [0.29, 0.717) is 21.4 Å². The molecule has 0 spiro atoms. The van der Waals surface area contributed by atoms with E-state index in [1.807, 2.05) is 6.92 Å². The second-order valence-corrected chi connectivity index (χ2v) is 6.88. The Bertz CT molecular complexity index is 882. The highest BCUT2D eigenvalue weighted by atomic mass is 35.5. The Morgan fingerprint density at radius 2 is 1.69 bits per heavy atom. The minimum Gasteiger partial charge on any atom is -0.326 e. The van der Waals surface area contributed by atoms with Gasteiger partial charge in [-0.1, -0.05) is 34.8 Å². The summed E-state index contributed by atoms with van der Waals surface area (Å²) in [6.45, 7) is 3.48. The van der Waals surface area contributed by atoms with Crippen molar-refractivity contribution in [3.8, 4) is 0 Å². The van der Waals surface area contributed by atoms with Crippen LogP contribution in [0.4, 0.5) is 5.69 Å². The number of amides is 2. The molecular formula is C18H16Cl3N3O2. The predicted octanol–water partition coefficient (Wildman–Crippen LogP) is 5.09. The fraction of sp³-hybridized carbons (Fsp3) is 0.167. The number of rotatable bonds is 5. The topological polar surface area (TPSA) is 70.6 Å². The van der Waals surface area contributed by atoms with Gasteiger partial charge < -0.3 is 5.32 Å². The predicted molar refractivity (Wildman–Crippen MR) is 106 cm³/mol. The standard InChI is InChI=1S/C18H16Cl3N3O2/c1-10-7-12(19)4-6-16(10)22-17(25)8-11(2)23-24-18(26)14-5-3-13(20)9-15(14)21/h3-7,9H,8H2,1-2H3,(H,22,25)(H,24,26)/b23-11+. The van der Waals surface area contributed by atoms with Crippen molar-refractivity contribution in [2.45, 2.75) is 20.3 Å². The third-order valence-electron chi connectivity index (χ3n) is 3.40. The van der Waals surface area contributed by atoms with Crippen molar-refractivity contribution in [1.29, 1.82) is 0 Å². The lowest BCUT2D eigenvalue weighted by atomic mass is 10.2. The molecule has 0 heterocycles. The first kappa shape index (κ1) is 20.2. The molecular weight excluding hydrogens is 397 g/mol. The van der Waals surface area contributed by atoms with Gasteiger partial charge in [-0.05, 0) is 55.8 Å². The highest BCUT2D eigenvalue weighted by Gasteiger charge is 2.11. The molecule has 5 nitrogen and oxygen atoms in total. The Morgan fingerprint density at radius 1 is 1.04 bits per heavy atom. The summed E-state index contributed by atoms with van der Waals surface area (Å²) in [6.07, 6.45) is 0.0245. The monoisotopic (exact) mass is 411 g/mol. The van der Waals surface area contributed by atoms with Crippen molar-refractivity contribution < 1.29 is 9.59 Å². The van der Waals surface area contributed by atoms with Crippen molar-refractivity contribution in [3.63, 3.8) is 0 Å². The minimum atomic E-state index is -0.486.